The molecule has 5 heteroatoms. The van der Waals surface area contributed by atoms with Gasteiger partial charge in [-0.15, -0.1) is 24.8 Å². The van der Waals surface area contributed by atoms with Gasteiger partial charge >= 0.3 is 0 Å². The minimum Gasteiger partial charge on any atom is -0.508 e. The van der Waals surface area contributed by atoms with E-state index in [-0.39, 0.29) is 24.8 Å². The normalized spacial score (nSPS) is 20.2. The van der Waals surface area contributed by atoms with E-state index in [4.69, 9.17) is 0 Å². The Bertz CT molecular complexity index is 446. The maximum atomic E-state index is 10.3. The third kappa shape index (κ3) is 4.75. The number of phenolic OH excluding ortho intramolecular Hbond substituents is 1. The van der Waals surface area contributed by atoms with Crippen LogP contribution < -0.4 is 5.32 Å². The van der Waals surface area contributed by atoms with Gasteiger partial charge in [0.2, 0.25) is 0 Å². The van der Waals surface area contributed by atoms with Gasteiger partial charge in [0.05, 0.1) is 0 Å². The van der Waals surface area contributed by atoms with Crippen LogP contribution in [0.3, 0.4) is 0 Å². The van der Waals surface area contributed by atoms with Gasteiger partial charge in [-0.05, 0) is 30.9 Å². The number of phenols is 1. The average molecular weight is 333 g/mol. The van der Waals surface area contributed by atoms with Crippen molar-refractivity contribution in [2.24, 2.45) is 5.92 Å². The molecule has 120 valence electrons. The number of benzene rings is 1. The predicted molar refractivity (Wildman–Crippen MR) is 91.9 cm³/mol. The van der Waals surface area contributed by atoms with Crippen LogP contribution in [0.1, 0.15) is 36.4 Å². The van der Waals surface area contributed by atoms with Crippen molar-refractivity contribution in [1.29, 1.82) is 0 Å². The van der Waals surface area contributed by atoms with Crippen molar-refractivity contribution in [3.63, 3.8) is 0 Å². The fourth-order valence-corrected chi connectivity index (χ4v) is 3.07. The van der Waals surface area contributed by atoms with Crippen LogP contribution in [0.15, 0.2) is 18.2 Å². The lowest BCUT2D eigenvalue weighted by atomic mass is 9.96. The van der Waals surface area contributed by atoms with Gasteiger partial charge in [0.25, 0.3) is 0 Å². The summed E-state index contributed by atoms with van der Waals surface area (Å²) in [7, 11) is 0. The SMILES string of the molecule is Cc1ccc([C@H](CC2CC2)N2CCNCC2)c(O)c1.Cl.Cl. The predicted octanol–water partition coefficient (Wildman–Crippen LogP) is 3.29. The highest BCUT2D eigenvalue weighted by atomic mass is 35.5. The zero-order valence-electron chi connectivity index (χ0n) is 12.5. The van der Waals surface area contributed by atoms with Crippen molar-refractivity contribution in [2.45, 2.75) is 32.2 Å². The summed E-state index contributed by atoms with van der Waals surface area (Å²) in [4.78, 5) is 2.54. The van der Waals surface area contributed by atoms with Crippen LogP contribution in [-0.2, 0) is 0 Å². The van der Waals surface area contributed by atoms with Gasteiger partial charge in [0.1, 0.15) is 5.75 Å². The summed E-state index contributed by atoms with van der Waals surface area (Å²) in [6.07, 6.45) is 3.95. The summed E-state index contributed by atoms with van der Waals surface area (Å²) in [5, 5.41) is 13.7. The quantitative estimate of drug-likeness (QED) is 0.888. The van der Waals surface area contributed by atoms with E-state index in [9.17, 15) is 5.11 Å². The summed E-state index contributed by atoms with van der Waals surface area (Å²) >= 11 is 0. The van der Waals surface area contributed by atoms with Crippen molar-refractivity contribution >= 4 is 24.8 Å². The molecule has 21 heavy (non-hydrogen) atoms. The smallest absolute Gasteiger partial charge is 0.120 e. The zero-order valence-corrected chi connectivity index (χ0v) is 14.2. The molecular formula is C16H26Cl2N2O. The van der Waals surface area contributed by atoms with E-state index >= 15 is 0 Å². The van der Waals surface area contributed by atoms with Crippen LogP contribution in [0.25, 0.3) is 0 Å². The highest BCUT2D eigenvalue weighted by molar-refractivity contribution is 5.85. The Balaban J connectivity index is 0.00000110. The summed E-state index contributed by atoms with van der Waals surface area (Å²) in [5.74, 6) is 1.35. The largest absolute Gasteiger partial charge is 0.508 e. The Morgan fingerprint density at radius 2 is 1.90 bits per heavy atom. The first-order valence-corrected chi connectivity index (χ1v) is 7.48. The Hall–Kier alpha value is -0.480. The first-order valence-electron chi connectivity index (χ1n) is 7.48. The molecule has 1 saturated carbocycles. The van der Waals surface area contributed by atoms with Gasteiger partial charge in [-0.1, -0.05) is 25.0 Å². The van der Waals surface area contributed by atoms with Gasteiger partial charge in [0, 0.05) is 37.8 Å². The summed E-state index contributed by atoms with van der Waals surface area (Å²) < 4.78 is 0. The van der Waals surface area contributed by atoms with Crippen LogP contribution in [0.4, 0.5) is 0 Å². The molecule has 0 amide bonds. The second kappa shape index (κ2) is 8.23. The molecule has 1 saturated heterocycles. The van der Waals surface area contributed by atoms with E-state index in [1.54, 1.807) is 0 Å². The molecule has 2 aliphatic rings. The van der Waals surface area contributed by atoms with Crippen molar-refractivity contribution in [3.8, 4) is 5.75 Å². The van der Waals surface area contributed by atoms with E-state index in [1.807, 2.05) is 13.0 Å². The molecule has 1 aliphatic heterocycles. The number of aromatic hydroxyl groups is 1. The van der Waals surface area contributed by atoms with Crippen molar-refractivity contribution in [3.05, 3.63) is 29.3 Å². The van der Waals surface area contributed by atoms with E-state index < -0.39 is 0 Å². The van der Waals surface area contributed by atoms with Gasteiger partial charge in [-0.3, -0.25) is 4.90 Å². The molecule has 0 unspecified atom stereocenters. The Kier molecular flexibility index (Phi) is 7.28. The maximum Gasteiger partial charge on any atom is 0.120 e. The topological polar surface area (TPSA) is 35.5 Å². The van der Waals surface area contributed by atoms with Gasteiger partial charge in [-0.25, -0.2) is 0 Å². The molecule has 0 bridgehead atoms. The van der Waals surface area contributed by atoms with Crippen molar-refractivity contribution in [2.75, 3.05) is 26.2 Å². The summed E-state index contributed by atoms with van der Waals surface area (Å²) in [5.41, 5.74) is 2.26. The molecule has 1 aliphatic carbocycles. The summed E-state index contributed by atoms with van der Waals surface area (Å²) in [6, 6.07) is 6.55. The molecule has 2 fully saturated rings. The molecular weight excluding hydrogens is 307 g/mol. The monoisotopic (exact) mass is 332 g/mol. The Morgan fingerprint density at radius 1 is 1.24 bits per heavy atom. The van der Waals surface area contributed by atoms with E-state index in [1.165, 1.54) is 19.3 Å². The Morgan fingerprint density at radius 3 is 2.48 bits per heavy atom. The van der Waals surface area contributed by atoms with Crippen LogP contribution in [0.5, 0.6) is 5.75 Å². The lowest BCUT2D eigenvalue weighted by Crippen LogP contribution is -2.45. The van der Waals surface area contributed by atoms with Crippen LogP contribution in [0, 0.1) is 12.8 Å². The summed E-state index contributed by atoms with van der Waals surface area (Å²) in [6.45, 7) is 6.33. The first-order chi connectivity index (χ1) is 9.24. The zero-order chi connectivity index (χ0) is 13.2. The number of piperazine rings is 1. The third-order valence-corrected chi connectivity index (χ3v) is 4.39. The second-order valence-electron chi connectivity index (χ2n) is 6.04. The number of aryl methyl sites for hydroxylation is 1. The molecule has 1 aromatic rings. The molecule has 1 aromatic carbocycles. The van der Waals surface area contributed by atoms with Crippen LogP contribution in [-0.4, -0.2) is 36.2 Å². The minimum atomic E-state index is 0. The number of rotatable bonds is 4. The second-order valence-corrected chi connectivity index (χ2v) is 6.04. The molecule has 1 atom stereocenters. The number of hydrogen-bond acceptors (Lipinski definition) is 3. The fraction of sp³-hybridized carbons (Fsp3) is 0.625. The third-order valence-electron chi connectivity index (χ3n) is 4.39. The highest BCUT2D eigenvalue weighted by Crippen LogP contribution is 2.42. The van der Waals surface area contributed by atoms with Gasteiger partial charge in [0.15, 0.2) is 0 Å². The molecule has 0 spiro atoms. The standard InChI is InChI=1S/C16H24N2O.2ClH/c1-12-2-5-14(16(19)10-12)15(11-13-3-4-13)18-8-6-17-7-9-18;;/h2,5,10,13,15,17,19H,3-4,6-9,11H2,1H3;2*1H/t15-;;/m0../s1. The number of hydrogen-bond donors (Lipinski definition) is 2. The number of nitrogens with zero attached hydrogens (tertiary/aromatic N) is 1. The van der Waals surface area contributed by atoms with Crippen molar-refractivity contribution < 1.29 is 5.11 Å². The van der Waals surface area contributed by atoms with Crippen LogP contribution >= 0.6 is 24.8 Å². The van der Waals surface area contributed by atoms with E-state index in [2.05, 4.69) is 22.3 Å². The molecule has 2 N–H and O–H groups in total. The highest BCUT2D eigenvalue weighted by Gasteiger charge is 2.31. The number of halogens is 2. The van der Waals surface area contributed by atoms with E-state index in [0.717, 1.165) is 43.2 Å². The number of nitrogens with one attached hydrogen (secondary N) is 1. The Labute approximate surface area is 139 Å². The van der Waals surface area contributed by atoms with Crippen LogP contribution in [0.2, 0.25) is 0 Å². The van der Waals surface area contributed by atoms with Gasteiger partial charge < -0.3 is 10.4 Å². The van der Waals surface area contributed by atoms with E-state index in [0.29, 0.717) is 11.8 Å². The lowest BCUT2D eigenvalue weighted by molar-refractivity contribution is 0.158. The van der Waals surface area contributed by atoms with Crippen molar-refractivity contribution in [1.82, 2.24) is 10.2 Å². The average Bonchev–Trinajstić information content (AvgIpc) is 3.22. The maximum absolute atomic E-state index is 10.3. The molecule has 3 rings (SSSR count). The molecule has 1 heterocycles. The first kappa shape index (κ1) is 18.6. The van der Waals surface area contributed by atoms with Gasteiger partial charge in [-0.2, -0.15) is 0 Å². The molecule has 0 radical (unpaired) electrons. The fourth-order valence-electron chi connectivity index (χ4n) is 3.07. The molecule has 0 aromatic heterocycles. The lowest BCUT2D eigenvalue weighted by Gasteiger charge is -2.35. The molecule has 3 nitrogen and oxygen atoms in total. The minimum absolute atomic E-state index is 0.